The van der Waals surface area contributed by atoms with E-state index < -0.39 is 0 Å². The maximum absolute atomic E-state index is 13.0. The molecule has 0 spiro atoms. The van der Waals surface area contributed by atoms with E-state index in [1.807, 2.05) is 54.6 Å². The van der Waals surface area contributed by atoms with Crippen molar-refractivity contribution in [2.75, 3.05) is 6.54 Å². The van der Waals surface area contributed by atoms with Crippen LogP contribution in [0.3, 0.4) is 0 Å². The summed E-state index contributed by atoms with van der Waals surface area (Å²) in [5, 5.41) is 3.81. The number of aliphatic imine (C=N–C) groups is 1. The largest absolute Gasteiger partial charge is 0.288 e. The molecule has 0 atom stereocenters. The van der Waals surface area contributed by atoms with Gasteiger partial charge in [-0.1, -0.05) is 59.9 Å². The molecule has 0 aliphatic heterocycles. The zero-order chi connectivity index (χ0) is 17.9. The smallest absolute Gasteiger partial charge is 0.282 e. The molecule has 0 fully saturated rings. The van der Waals surface area contributed by atoms with Crippen LogP contribution in [-0.2, 0) is 0 Å². The van der Waals surface area contributed by atoms with Crippen molar-refractivity contribution in [2.45, 2.75) is 0 Å². The molecule has 0 aliphatic carbocycles. The summed E-state index contributed by atoms with van der Waals surface area (Å²) < 4.78 is 2.52. The number of nitrogens with one attached hydrogen (secondary N) is 1. The first kappa shape index (κ1) is 16.2. The van der Waals surface area contributed by atoms with Crippen molar-refractivity contribution in [3.05, 3.63) is 83.2 Å². The van der Waals surface area contributed by atoms with E-state index in [0.29, 0.717) is 17.2 Å². The predicted octanol–water partition coefficient (Wildman–Crippen LogP) is 4.05. The molecule has 6 heteroatoms. The third-order valence-electron chi connectivity index (χ3n) is 3.92. The molecule has 0 amide bonds. The lowest BCUT2D eigenvalue weighted by Crippen LogP contribution is -2.17. The number of benzene rings is 2. The van der Waals surface area contributed by atoms with Gasteiger partial charge in [0.15, 0.2) is 0 Å². The zero-order valence-corrected chi connectivity index (χ0v) is 14.7. The molecule has 2 aromatic heterocycles. The predicted molar refractivity (Wildman–Crippen MR) is 108 cm³/mol. The molecule has 0 radical (unpaired) electrons. The Balaban J connectivity index is 1.90. The summed E-state index contributed by atoms with van der Waals surface area (Å²) in [6.45, 7) is 4.12. The van der Waals surface area contributed by atoms with Gasteiger partial charge < -0.3 is 0 Å². The van der Waals surface area contributed by atoms with E-state index in [-0.39, 0.29) is 5.56 Å². The Kier molecular flexibility index (Phi) is 4.33. The second-order valence-corrected chi connectivity index (χ2v) is 6.66. The second-order valence-electron chi connectivity index (χ2n) is 5.65. The van der Waals surface area contributed by atoms with Crippen molar-refractivity contribution >= 4 is 27.8 Å². The minimum Gasteiger partial charge on any atom is -0.288 e. The number of rotatable bonds is 5. The standard InChI is InChI=1S/C20H16N4OS/c1-2-12-21-13-15-18(14-8-4-3-5-9-14)23-24(19(15)25)20-22-16-10-6-7-11-17(16)26-20/h2-11,13,23H,1,12H2. The summed E-state index contributed by atoms with van der Waals surface area (Å²) in [5.41, 5.74) is 2.86. The summed E-state index contributed by atoms with van der Waals surface area (Å²) >= 11 is 1.47. The lowest BCUT2D eigenvalue weighted by Gasteiger charge is -1.99. The Labute approximate surface area is 154 Å². The highest BCUT2D eigenvalue weighted by Gasteiger charge is 2.17. The van der Waals surface area contributed by atoms with Crippen molar-refractivity contribution in [1.29, 1.82) is 0 Å². The number of aromatic amines is 1. The molecule has 1 N–H and O–H groups in total. The van der Waals surface area contributed by atoms with Crippen LogP contribution < -0.4 is 5.56 Å². The van der Waals surface area contributed by atoms with Crippen molar-refractivity contribution < 1.29 is 0 Å². The lowest BCUT2D eigenvalue weighted by atomic mass is 10.1. The van der Waals surface area contributed by atoms with Gasteiger partial charge >= 0.3 is 0 Å². The molecule has 128 valence electrons. The summed E-state index contributed by atoms with van der Waals surface area (Å²) in [6, 6.07) is 17.6. The maximum Gasteiger partial charge on any atom is 0.282 e. The number of hydrogen-bond donors (Lipinski definition) is 1. The first-order valence-electron chi connectivity index (χ1n) is 8.15. The van der Waals surface area contributed by atoms with E-state index in [1.54, 1.807) is 12.3 Å². The SMILES string of the molecule is C=CCN=Cc1c(-c2ccccc2)[nH]n(-c2nc3ccccc3s2)c1=O. The highest BCUT2D eigenvalue weighted by molar-refractivity contribution is 7.20. The van der Waals surface area contributed by atoms with Gasteiger partial charge in [0.25, 0.3) is 5.56 Å². The normalized spacial score (nSPS) is 11.4. The maximum atomic E-state index is 13.0. The van der Waals surface area contributed by atoms with Crippen LogP contribution in [0, 0.1) is 0 Å². The molecular formula is C20H16N4OS. The zero-order valence-electron chi connectivity index (χ0n) is 13.9. The Bertz CT molecular complexity index is 1120. The molecule has 2 heterocycles. The van der Waals surface area contributed by atoms with Crippen LogP contribution in [-0.4, -0.2) is 27.5 Å². The third kappa shape index (κ3) is 2.91. The summed E-state index contributed by atoms with van der Waals surface area (Å²) in [7, 11) is 0. The highest BCUT2D eigenvalue weighted by Crippen LogP contribution is 2.25. The van der Waals surface area contributed by atoms with Gasteiger partial charge in [-0.25, -0.2) is 4.98 Å². The average molecular weight is 360 g/mol. The van der Waals surface area contributed by atoms with E-state index in [1.165, 1.54) is 16.0 Å². The van der Waals surface area contributed by atoms with Crippen LogP contribution >= 0.6 is 11.3 Å². The minimum atomic E-state index is -0.171. The summed E-state index contributed by atoms with van der Waals surface area (Å²) in [6.07, 6.45) is 3.30. The quantitative estimate of drug-likeness (QED) is 0.431. The van der Waals surface area contributed by atoms with Gasteiger partial charge in [-0.2, -0.15) is 4.68 Å². The number of nitrogens with zero attached hydrogens (tertiary/aromatic N) is 3. The van der Waals surface area contributed by atoms with Crippen LogP contribution in [0.5, 0.6) is 0 Å². The summed E-state index contributed by atoms with van der Waals surface area (Å²) in [5.74, 6) is 0. The molecule has 5 nitrogen and oxygen atoms in total. The monoisotopic (exact) mass is 360 g/mol. The van der Waals surface area contributed by atoms with Crippen molar-refractivity contribution in [3.63, 3.8) is 0 Å². The number of aromatic nitrogens is 3. The first-order valence-corrected chi connectivity index (χ1v) is 8.96. The Morgan fingerprint density at radius 3 is 2.69 bits per heavy atom. The van der Waals surface area contributed by atoms with Crippen LogP contribution in [0.1, 0.15) is 5.56 Å². The molecule has 2 aromatic carbocycles. The van der Waals surface area contributed by atoms with Crippen LogP contribution in [0.2, 0.25) is 0 Å². The fourth-order valence-electron chi connectivity index (χ4n) is 2.70. The molecule has 4 aromatic rings. The number of hydrogen-bond acceptors (Lipinski definition) is 4. The molecular weight excluding hydrogens is 344 g/mol. The minimum absolute atomic E-state index is 0.171. The lowest BCUT2D eigenvalue weighted by molar-refractivity contribution is 0.845. The van der Waals surface area contributed by atoms with E-state index in [2.05, 4.69) is 21.7 Å². The van der Waals surface area contributed by atoms with Gasteiger partial charge in [0, 0.05) is 11.8 Å². The van der Waals surface area contributed by atoms with Crippen molar-refractivity contribution in [2.24, 2.45) is 4.99 Å². The van der Waals surface area contributed by atoms with Crippen LogP contribution in [0.15, 0.2) is 77.0 Å². The second kappa shape index (κ2) is 6.93. The molecule has 0 bridgehead atoms. The first-order chi connectivity index (χ1) is 12.8. The van der Waals surface area contributed by atoms with Crippen molar-refractivity contribution in [1.82, 2.24) is 14.8 Å². The molecule has 0 saturated heterocycles. The molecule has 0 unspecified atom stereocenters. The highest BCUT2D eigenvalue weighted by atomic mass is 32.1. The molecule has 26 heavy (non-hydrogen) atoms. The van der Waals surface area contributed by atoms with Gasteiger partial charge in [0.2, 0.25) is 5.13 Å². The number of H-pyrrole nitrogens is 1. The van der Waals surface area contributed by atoms with Gasteiger partial charge in [-0.05, 0) is 12.1 Å². The topological polar surface area (TPSA) is 63.0 Å². The molecule has 4 rings (SSSR count). The Morgan fingerprint density at radius 2 is 1.92 bits per heavy atom. The molecule has 0 aliphatic rings. The summed E-state index contributed by atoms with van der Waals surface area (Å²) in [4.78, 5) is 21.9. The van der Waals surface area contributed by atoms with Gasteiger partial charge in [-0.15, -0.1) is 6.58 Å². The van der Waals surface area contributed by atoms with E-state index >= 15 is 0 Å². The Hall–Kier alpha value is -3.25. The van der Waals surface area contributed by atoms with E-state index in [9.17, 15) is 4.79 Å². The van der Waals surface area contributed by atoms with Crippen LogP contribution in [0.4, 0.5) is 0 Å². The van der Waals surface area contributed by atoms with Gasteiger partial charge in [0.05, 0.1) is 28.0 Å². The third-order valence-corrected chi connectivity index (χ3v) is 4.94. The van der Waals surface area contributed by atoms with Gasteiger partial charge in [-0.3, -0.25) is 14.9 Å². The fourth-order valence-corrected chi connectivity index (χ4v) is 3.63. The van der Waals surface area contributed by atoms with Gasteiger partial charge in [0.1, 0.15) is 0 Å². The molecule has 0 saturated carbocycles. The van der Waals surface area contributed by atoms with E-state index in [4.69, 9.17) is 0 Å². The van der Waals surface area contributed by atoms with Crippen molar-refractivity contribution in [3.8, 4) is 16.4 Å². The number of thiazole rings is 1. The number of fused-ring (bicyclic) bond motifs is 1. The average Bonchev–Trinajstić information content (AvgIpc) is 3.24. The number of para-hydroxylation sites is 1. The Morgan fingerprint density at radius 1 is 1.15 bits per heavy atom. The van der Waals surface area contributed by atoms with Crippen LogP contribution in [0.25, 0.3) is 26.6 Å². The van der Waals surface area contributed by atoms with E-state index in [0.717, 1.165) is 21.5 Å². The fraction of sp³-hybridized carbons (Fsp3) is 0.0500.